The highest BCUT2D eigenvalue weighted by molar-refractivity contribution is 7.45. The first-order valence-corrected chi connectivity index (χ1v) is 23.4. The molecule has 0 aliphatic heterocycles. The van der Waals surface area contributed by atoms with Crippen LogP contribution in [0.5, 0.6) is 0 Å². The number of carbonyl (C=O) groups excluding carboxylic acids is 2. The molecule has 0 radical (unpaired) electrons. The monoisotopic (exact) mass is 830 g/mol. The van der Waals surface area contributed by atoms with Gasteiger partial charge in [-0.3, -0.25) is 14.2 Å². The predicted octanol–water partition coefficient (Wildman–Crippen LogP) is 11.9. The molecule has 0 rings (SSSR count). The molecule has 58 heavy (non-hydrogen) atoms. The number of rotatable bonds is 38. The quantitative estimate of drug-likeness (QED) is 0.0199. The molecule has 2 atom stereocenters. The number of phosphoric ester groups is 1. The average molecular weight is 830 g/mol. The van der Waals surface area contributed by atoms with Gasteiger partial charge in [-0.25, -0.2) is 0 Å². The molecule has 330 valence electrons. The molecular weight excluding hydrogens is 750 g/mol. The zero-order valence-electron chi connectivity index (χ0n) is 36.9. The molecule has 0 fully saturated rings. The predicted molar refractivity (Wildman–Crippen MR) is 240 cm³/mol. The summed E-state index contributed by atoms with van der Waals surface area (Å²) < 4.78 is 33.8. The van der Waals surface area contributed by atoms with Crippen molar-refractivity contribution in [3.8, 4) is 0 Å². The van der Waals surface area contributed by atoms with Gasteiger partial charge in [0, 0.05) is 12.8 Å². The summed E-state index contributed by atoms with van der Waals surface area (Å²) >= 11 is 0. The first-order chi connectivity index (χ1) is 28.0. The van der Waals surface area contributed by atoms with Crippen LogP contribution in [-0.2, 0) is 32.7 Å². The lowest BCUT2D eigenvalue weighted by Crippen LogP contribution is -2.37. The van der Waals surface area contributed by atoms with Crippen molar-refractivity contribution in [2.75, 3.05) is 47.5 Å². The number of quaternary nitrogens is 1. The van der Waals surface area contributed by atoms with E-state index in [1.54, 1.807) is 0 Å². The first kappa shape index (κ1) is 54.9. The SMILES string of the molecule is CC/C=C/C/C=C/C/C=C/C/C=C/CCCCC(=O)OC[C@H](COP(=O)([O-])OCC[N+](C)(C)C)OC(=O)CCCCC/C=C/C/C=C/C/C=C/C/C=C/CCCCC. The molecule has 0 bridgehead atoms. The standard InChI is InChI=1S/C48H80NO8P/c1-6-8-10-12-14-16-18-20-22-23-24-25-27-29-31-33-35-37-39-41-48(51)57-46(45-56-58(52,53)55-43-42-49(3,4)5)44-54-47(50)40-38-36-34-32-30-28-26-21-19-17-15-13-11-9-7-2/h9,11,14-17,20-22,24-26,29-32,46H,6-8,10,12-13,18-19,23,27-28,33-45H2,1-5H3/b11-9+,16-14+,17-15+,22-20+,25-24+,26-21+,31-29+,32-30+/t46-/m1/s1. The smallest absolute Gasteiger partial charge is 0.306 e. The van der Waals surface area contributed by atoms with E-state index < -0.39 is 32.5 Å². The summed E-state index contributed by atoms with van der Waals surface area (Å²) in [7, 11) is 1.10. The number of phosphoric acid groups is 1. The normalized spacial score (nSPS) is 14.5. The largest absolute Gasteiger partial charge is 0.756 e. The number of nitrogens with zero attached hydrogens (tertiary/aromatic N) is 1. The van der Waals surface area contributed by atoms with Gasteiger partial charge >= 0.3 is 11.9 Å². The van der Waals surface area contributed by atoms with Crippen molar-refractivity contribution in [1.29, 1.82) is 0 Å². The van der Waals surface area contributed by atoms with Crippen molar-refractivity contribution in [1.82, 2.24) is 0 Å². The Labute approximate surface area is 353 Å². The van der Waals surface area contributed by atoms with E-state index in [0.717, 1.165) is 77.0 Å². The molecule has 0 aromatic carbocycles. The van der Waals surface area contributed by atoms with Crippen molar-refractivity contribution in [2.24, 2.45) is 0 Å². The fourth-order valence-corrected chi connectivity index (χ4v) is 5.88. The van der Waals surface area contributed by atoms with Gasteiger partial charge in [-0.1, -0.05) is 130 Å². The minimum absolute atomic E-state index is 0.0499. The maximum Gasteiger partial charge on any atom is 0.306 e. The lowest BCUT2D eigenvalue weighted by Gasteiger charge is -2.28. The maximum atomic E-state index is 12.7. The minimum atomic E-state index is -4.65. The number of hydrogen-bond acceptors (Lipinski definition) is 8. The summed E-state index contributed by atoms with van der Waals surface area (Å²) in [6.45, 7) is 3.96. The van der Waals surface area contributed by atoms with Gasteiger partial charge in [-0.05, 0) is 96.3 Å². The van der Waals surface area contributed by atoms with Gasteiger partial charge in [0.25, 0.3) is 7.82 Å². The number of esters is 2. The Morgan fingerprint density at radius 2 is 0.983 bits per heavy atom. The highest BCUT2D eigenvalue weighted by Crippen LogP contribution is 2.38. The summed E-state index contributed by atoms with van der Waals surface area (Å²) in [6, 6.07) is 0. The van der Waals surface area contributed by atoms with Gasteiger partial charge in [0.05, 0.1) is 27.7 Å². The lowest BCUT2D eigenvalue weighted by atomic mass is 10.1. The number of likely N-dealkylation sites (N-methyl/N-ethyl adjacent to an activating group) is 1. The van der Waals surface area contributed by atoms with Gasteiger partial charge in [0.15, 0.2) is 6.10 Å². The van der Waals surface area contributed by atoms with E-state index in [1.165, 1.54) is 25.7 Å². The topological polar surface area (TPSA) is 111 Å². The fraction of sp³-hybridized carbons (Fsp3) is 0.625. The second-order valence-corrected chi connectivity index (χ2v) is 16.7. The molecule has 1 unspecified atom stereocenters. The van der Waals surface area contributed by atoms with Gasteiger partial charge in [0.2, 0.25) is 0 Å². The summed E-state index contributed by atoms with van der Waals surface area (Å²) in [6.07, 6.45) is 51.5. The highest BCUT2D eigenvalue weighted by Gasteiger charge is 2.21. The maximum absolute atomic E-state index is 12.7. The molecule has 0 amide bonds. The molecule has 10 heteroatoms. The molecule has 0 aromatic heterocycles. The van der Waals surface area contributed by atoms with E-state index in [0.29, 0.717) is 23.9 Å². The summed E-state index contributed by atoms with van der Waals surface area (Å²) in [5, 5.41) is 0. The third-order valence-electron chi connectivity index (χ3n) is 8.59. The van der Waals surface area contributed by atoms with Crippen LogP contribution < -0.4 is 4.89 Å². The van der Waals surface area contributed by atoms with Crippen LogP contribution in [0.2, 0.25) is 0 Å². The van der Waals surface area contributed by atoms with E-state index in [2.05, 4.69) is 111 Å². The van der Waals surface area contributed by atoms with Crippen molar-refractivity contribution in [3.05, 3.63) is 97.2 Å². The molecule has 0 heterocycles. The number of unbranched alkanes of at least 4 members (excludes halogenated alkanes) is 8. The Hall–Kier alpha value is -3.07. The molecular formula is C48H80NO8P. The zero-order valence-corrected chi connectivity index (χ0v) is 37.8. The second kappa shape index (κ2) is 39.4. The van der Waals surface area contributed by atoms with Crippen LogP contribution in [0.4, 0.5) is 0 Å². The van der Waals surface area contributed by atoms with Crippen LogP contribution in [0, 0.1) is 0 Å². The number of ether oxygens (including phenoxy) is 2. The van der Waals surface area contributed by atoms with Crippen LogP contribution in [-0.4, -0.2) is 70.0 Å². The van der Waals surface area contributed by atoms with Crippen LogP contribution in [0.3, 0.4) is 0 Å². The second-order valence-electron chi connectivity index (χ2n) is 15.3. The Morgan fingerprint density at radius 1 is 0.552 bits per heavy atom. The van der Waals surface area contributed by atoms with E-state index >= 15 is 0 Å². The summed E-state index contributed by atoms with van der Waals surface area (Å²) in [5.74, 6) is -0.931. The molecule has 0 saturated heterocycles. The van der Waals surface area contributed by atoms with Crippen molar-refractivity contribution < 1.29 is 42.1 Å². The van der Waals surface area contributed by atoms with Crippen molar-refractivity contribution in [3.63, 3.8) is 0 Å². The Balaban J connectivity index is 4.52. The van der Waals surface area contributed by atoms with E-state index in [4.69, 9.17) is 18.5 Å². The van der Waals surface area contributed by atoms with Gasteiger partial charge in [-0.2, -0.15) is 0 Å². The molecule has 0 aliphatic carbocycles. The van der Waals surface area contributed by atoms with Crippen LogP contribution >= 0.6 is 7.82 Å². The summed E-state index contributed by atoms with van der Waals surface area (Å²) in [4.78, 5) is 37.5. The van der Waals surface area contributed by atoms with Crippen LogP contribution in [0.15, 0.2) is 97.2 Å². The van der Waals surface area contributed by atoms with Crippen molar-refractivity contribution in [2.45, 2.75) is 148 Å². The molecule has 0 aromatic rings. The van der Waals surface area contributed by atoms with Gasteiger partial charge in [0.1, 0.15) is 19.8 Å². The van der Waals surface area contributed by atoms with E-state index in [9.17, 15) is 19.0 Å². The molecule has 0 aliphatic rings. The van der Waals surface area contributed by atoms with Crippen molar-refractivity contribution >= 4 is 19.8 Å². The number of carbonyl (C=O) groups is 2. The Morgan fingerprint density at radius 3 is 1.47 bits per heavy atom. The minimum Gasteiger partial charge on any atom is -0.756 e. The molecule has 9 nitrogen and oxygen atoms in total. The third kappa shape index (κ3) is 42.5. The zero-order chi connectivity index (χ0) is 42.8. The van der Waals surface area contributed by atoms with Gasteiger partial charge < -0.3 is 27.9 Å². The molecule has 0 spiro atoms. The lowest BCUT2D eigenvalue weighted by molar-refractivity contribution is -0.870. The number of hydrogen-bond donors (Lipinski definition) is 0. The number of allylic oxidation sites excluding steroid dienone is 16. The Kier molecular flexibility index (Phi) is 37.3. The summed E-state index contributed by atoms with van der Waals surface area (Å²) in [5.41, 5.74) is 0. The van der Waals surface area contributed by atoms with Crippen LogP contribution in [0.1, 0.15) is 142 Å². The first-order valence-electron chi connectivity index (χ1n) is 21.9. The fourth-order valence-electron chi connectivity index (χ4n) is 5.16. The van der Waals surface area contributed by atoms with E-state index in [1.807, 2.05) is 21.1 Å². The molecule has 0 saturated carbocycles. The van der Waals surface area contributed by atoms with E-state index in [-0.39, 0.29) is 26.1 Å². The highest BCUT2D eigenvalue weighted by atomic mass is 31.2. The molecule has 0 N–H and O–H groups in total. The van der Waals surface area contributed by atoms with Crippen LogP contribution in [0.25, 0.3) is 0 Å². The third-order valence-corrected chi connectivity index (χ3v) is 9.55. The average Bonchev–Trinajstić information content (AvgIpc) is 3.17. The Bertz CT molecular complexity index is 1300. The van der Waals surface area contributed by atoms with Gasteiger partial charge in [-0.15, -0.1) is 0 Å².